The predicted molar refractivity (Wildman–Crippen MR) is 146 cm³/mol. The number of unbranched alkanes of at least 4 members (excludes halogenated alkanes) is 5. The number of rotatable bonds is 10. The van der Waals surface area contributed by atoms with Gasteiger partial charge in [-0.15, -0.1) is 0 Å². The molecule has 2 aliphatic rings. The molecular formula is C33H46. The van der Waals surface area contributed by atoms with Gasteiger partial charge in [-0.2, -0.15) is 0 Å². The van der Waals surface area contributed by atoms with Crippen molar-refractivity contribution in [3.8, 4) is 11.1 Å². The van der Waals surface area contributed by atoms with Crippen LogP contribution in [0.15, 0.2) is 54.6 Å². The van der Waals surface area contributed by atoms with Crippen LogP contribution in [0, 0.1) is 11.8 Å². The fourth-order valence-electron chi connectivity index (χ4n) is 6.04. The Morgan fingerprint density at radius 2 is 1.27 bits per heavy atom. The zero-order valence-electron chi connectivity index (χ0n) is 21.3. The first-order valence-electron chi connectivity index (χ1n) is 14.1. The fourth-order valence-corrected chi connectivity index (χ4v) is 6.04. The van der Waals surface area contributed by atoms with Crippen LogP contribution in [-0.4, -0.2) is 0 Å². The molecule has 0 aliphatic heterocycles. The number of hydrogen-bond acceptors (Lipinski definition) is 0. The Bertz CT molecular complexity index is 846. The van der Waals surface area contributed by atoms with Gasteiger partial charge in [-0.05, 0) is 77.7 Å². The van der Waals surface area contributed by atoms with Gasteiger partial charge in [0.05, 0.1) is 0 Å². The lowest BCUT2D eigenvalue weighted by molar-refractivity contribution is 0.348. The quantitative estimate of drug-likeness (QED) is 0.321. The van der Waals surface area contributed by atoms with Crippen LogP contribution >= 0.6 is 0 Å². The van der Waals surface area contributed by atoms with E-state index in [-0.39, 0.29) is 0 Å². The minimum atomic E-state index is 0.778. The molecule has 0 heterocycles. The number of allylic oxidation sites excluding steroid dienone is 2. The standard InChI is InChI=1S/C33H46/c1-3-4-5-6-7-8-9-27-12-16-29(17-13-27)31-20-24-33(25-21-31)32-22-18-30(19-23-32)28-14-10-26(2)11-15-28/h16,18-28H,3-15,17H2,1-2H3. The summed E-state index contributed by atoms with van der Waals surface area (Å²) in [5.74, 6) is 2.62. The Morgan fingerprint density at radius 3 is 1.91 bits per heavy atom. The third kappa shape index (κ3) is 7.08. The summed E-state index contributed by atoms with van der Waals surface area (Å²) in [7, 11) is 0. The second-order valence-electron chi connectivity index (χ2n) is 11.1. The summed E-state index contributed by atoms with van der Waals surface area (Å²) in [5.41, 5.74) is 7.25. The first kappa shape index (κ1) is 24.3. The molecule has 1 atom stereocenters. The molecule has 1 unspecified atom stereocenters. The first-order valence-corrected chi connectivity index (χ1v) is 14.1. The summed E-state index contributed by atoms with van der Waals surface area (Å²) < 4.78 is 0. The molecule has 0 saturated heterocycles. The van der Waals surface area contributed by atoms with Gasteiger partial charge in [-0.1, -0.05) is 126 Å². The van der Waals surface area contributed by atoms with Crippen LogP contribution in [0.3, 0.4) is 0 Å². The van der Waals surface area contributed by atoms with Gasteiger partial charge in [-0.3, -0.25) is 0 Å². The van der Waals surface area contributed by atoms with Crippen LogP contribution in [0.5, 0.6) is 0 Å². The highest BCUT2D eigenvalue weighted by molar-refractivity contribution is 5.71. The van der Waals surface area contributed by atoms with Gasteiger partial charge in [0.2, 0.25) is 0 Å². The Kier molecular flexibility index (Phi) is 9.27. The van der Waals surface area contributed by atoms with Gasteiger partial charge in [0.15, 0.2) is 0 Å². The van der Waals surface area contributed by atoms with E-state index in [1.54, 1.807) is 11.1 Å². The first-order chi connectivity index (χ1) is 16.2. The Hall–Kier alpha value is -1.82. The SMILES string of the molecule is CCCCCCCCC1CC=C(c2ccc(-c3ccc(C4CCC(C)CC4)cc3)cc2)CC1. The molecule has 0 nitrogen and oxygen atoms in total. The zero-order valence-corrected chi connectivity index (χ0v) is 21.3. The van der Waals surface area contributed by atoms with Crippen LogP contribution < -0.4 is 0 Å². The highest BCUT2D eigenvalue weighted by atomic mass is 14.2. The maximum absolute atomic E-state index is 2.54. The summed E-state index contributed by atoms with van der Waals surface area (Å²) in [6, 6.07) is 18.8. The topological polar surface area (TPSA) is 0 Å². The highest BCUT2D eigenvalue weighted by Crippen LogP contribution is 2.37. The summed E-state index contributed by atoms with van der Waals surface area (Å²) >= 11 is 0. The van der Waals surface area contributed by atoms with Crippen molar-refractivity contribution >= 4 is 5.57 Å². The zero-order chi connectivity index (χ0) is 22.9. The summed E-state index contributed by atoms with van der Waals surface area (Å²) in [6.07, 6.45) is 21.9. The average Bonchev–Trinajstić information content (AvgIpc) is 2.87. The van der Waals surface area contributed by atoms with Crippen LogP contribution in [0.2, 0.25) is 0 Å². The lowest BCUT2D eigenvalue weighted by Crippen LogP contribution is -2.10. The molecule has 0 spiro atoms. The molecule has 4 rings (SSSR count). The van der Waals surface area contributed by atoms with Gasteiger partial charge in [0.25, 0.3) is 0 Å². The van der Waals surface area contributed by atoms with Crippen molar-refractivity contribution in [2.75, 3.05) is 0 Å². The molecule has 1 fully saturated rings. The van der Waals surface area contributed by atoms with Gasteiger partial charge in [0, 0.05) is 0 Å². The van der Waals surface area contributed by atoms with E-state index in [2.05, 4.69) is 68.5 Å². The van der Waals surface area contributed by atoms with Crippen molar-refractivity contribution in [2.24, 2.45) is 11.8 Å². The fraction of sp³-hybridized carbons (Fsp3) is 0.576. The van der Waals surface area contributed by atoms with Crippen molar-refractivity contribution in [2.45, 2.75) is 110 Å². The lowest BCUT2D eigenvalue weighted by Gasteiger charge is -2.26. The van der Waals surface area contributed by atoms with Crippen LogP contribution in [0.1, 0.15) is 121 Å². The largest absolute Gasteiger partial charge is 0.0804 e. The smallest absolute Gasteiger partial charge is 0.0162 e. The molecule has 33 heavy (non-hydrogen) atoms. The van der Waals surface area contributed by atoms with E-state index in [0.29, 0.717) is 0 Å². The second kappa shape index (κ2) is 12.6. The molecule has 0 radical (unpaired) electrons. The van der Waals surface area contributed by atoms with Gasteiger partial charge >= 0.3 is 0 Å². The van der Waals surface area contributed by atoms with Crippen LogP contribution in [0.25, 0.3) is 16.7 Å². The van der Waals surface area contributed by atoms with Gasteiger partial charge in [-0.25, -0.2) is 0 Å². The minimum absolute atomic E-state index is 0.778. The van der Waals surface area contributed by atoms with E-state index in [1.807, 2.05) is 0 Å². The molecule has 0 bridgehead atoms. The Morgan fingerprint density at radius 1 is 0.667 bits per heavy atom. The van der Waals surface area contributed by atoms with E-state index >= 15 is 0 Å². The lowest BCUT2D eigenvalue weighted by atomic mass is 9.79. The third-order valence-electron chi connectivity index (χ3n) is 8.47. The molecule has 0 heteroatoms. The number of hydrogen-bond donors (Lipinski definition) is 0. The van der Waals surface area contributed by atoms with E-state index in [9.17, 15) is 0 Å². The monoisotopic (exact) mass is 442 g/mol. The van der Waals surface area contributed by atoms with Crippen molar-refractivity contribution in [3.05, 3.63) is 65.7 Å². The van der Waals surface area contributed by atoms with E-state index in [1.165, 1.54) is 107 Å². The normalized spacial score (nSPS) is 23.3. The second-order valence-corrected chi connectivity index (χ2v) is 11.1. The number of benzene rings is 2. The summed E-state index contributed by atoms with van der Waals surface area (Å²) in [6.45, 7) is 4.70. The summed E-state index contributed by atoms with van der Waals surface area (Å²) in [5, 5.41) is 0. The van der Waals surface area contributed by atoms with Crippen LogP contribution in [0.4, 0.5) is 0 Å². The Balaban J connectivity index is 1.26. The highest BCUT2D eigenvalue weighted by Gasteiger charge is 2.19. The molecule has 0 aromatic heterocycles. The van der Waals surface area contributed by atoms with Crippen molar-refractivity contribution in [3.63, 3.8) is 0 Å². The molecule has 0 amide bonds. The maximum atomic E-state index is 2.54. The van der Waals surface area contributed by atoms with E-state index in [0.717, 1.165) is 17.8 Å². The molecule has 2 aromatic carbocycles. The summed E-state index contributed by atoms with van der Waals surface area (Å²) in [4.78, 5) is 0. The third-order valence-corrected chi connectivity index (χ3v) is 8.47. The molecule has 2 aliphatic carbocycles. The van der Waals surface area contributed by atoms with Crippen molar-refractivity contribution in [1.29, 1.82) is 0 Å². The molecule has 0 N–H and O–H groups in total. The average molecular weight is 443 g/mol. The van der Waals surface area contributed by atoms with Crippen molar-refractivity contribution < 1.29 is 0 Å². The van der Waals surface area contributed by atoms with Crippen molar-refractivity contribution in [1.82, 2.24) is 0 Å². The van der Waals surface area contributed by atoms with Crippen LogP contribution in [-0.2, 0) is 0 Å². The predicted octanol–water partition coefficient (Wildman–Crippen LogP) is 10.6. The van der Waals surface area contributed by atoms with Gasteiger partial charge in [0.1, 0.15) is 0 Å². The minimum Gasteiger partial charge on any atom is -0.0804 e. The van der Waals surface area contributed by atoms with E-state index in [4.69, 9.17) is 0 Å². The molecule has 2 aromatic rings. The molecule has 178 valence electrons. The van der Waals surface area contributed by atoms with Gasteiger partial charge < -0.3 is 0 Å². The maximum Gasteiger partial charge on any atom is -0.0162 e. The Labute approximate surface area is 203 Å². The molecule has 1 saturated carbocycles. The molecular weight excluding hydrogens is 396 g/mol. The van der Waals surface area contributed by atoms with E-state index < -0.39 is 0 Å².